The first-order chi connectivity index (χ1) is 12.1. The molecule has 132 valence electrons. The second kappa shape index (κ2) is 7.60. The highest BCUT2D eigenvalue weighted by Crippen LogP contribution is 2.33. The van der Waals surface area contributed by atoms with E-state index in [0.717, 1.165) is 18.7 Å². The van der Waals surface area contributed by atoms with Crippen molar-refractivity contribution in [3.05, 3.63) is 60.2 Å². The summed E-state index contributed by atoms with van der Waals surface area (Å²) in [5, 5.41) is 0. The fraction of sp³-hybridized carbons (Fsp3) is 0.381. The fourth-order valence-electron chi connectivity index (χ4n) is 3.54. The van der Waals surface area contributed by atoms with E-state index in [9.17, 15) is 4.79 Å². The van der Waals surface area contributed by atoms with Crippen LogP contribution in [0.5, 0.6) is 11.5 Å². The van der Waals surface area contributed by atoms with Crippen molar-refractivity contribution in [2.75, 3.05) is 13.7 Å². The molecule has 3 rings (SSSR count). The molecule has 1 aliphatic rings. The van der Waals surface area contributed by atoms with Crippen LogP contribution in [0.4, 0.5) is 0 Å². The molecule has 0 unspecified atom stereocenters. The van der Waals surface area contributed by atoms with Gasteiger partial charge < -0.3 is 14.4 Å². The van der Waals surface area contributed by atoms with E-state index < -0.39 is 6.10 Å². The number of likely N-dealkylation sites (tertiary alicyclic amines) is 1. The molecule has 1 fully saturated rings. The van der Waals surface area contributed by atoms with Crippen molar-refractivity contribution >= 4 is 5.91 Å². The smallest absolute Gasteiger partial charge is 0.263 e. The minimum Gasteiger partial charge on any atom is -0.497 e. The maximum Gasteiger partial charge on any atom is 0.263 e. The third-order valence-corrected chi connectivity index (χ3v) is 4.99. The van der Waals surface area contributed by atoms with Crippen molar-refractivity contribution in [1.29, 1.82) is 0 Å². The number of hydrogen-bond acceptors (Lipinski definition) is 3. The van der Waals surface area contributed by atoms with Gasteiger partial charge in [-0.25, -0.2) is 0 Å². The number of hydrogen-bond donors (Lipinski definition) is 0. The number of amides is 1. The Hall–Kier alpha value is -2.49. The van der Waals surface area contributed by atoms with Crippen molar-refractivity contribution in [2.45, 2.75) is 38.3 Å². The first-order valence-electron chi connectivity index (χ1n) is 8.76. The number of carbonyl (C=O) groups excluding carboxylic acids is 1. The van der Waals surface area contributed by atoms with Gasteiger partial charge in [-0.3, -0.25) is 4.79 Å². The Morgan fingerprint density at radius 2 is 1.72 bits per heavy atom. The van der Waals surface area contributed by atoms with Crippen molar-refractivity contribution in [1.82, 2.24) is 4.90 Å². The number of ether oxygens (including phenoxy) is 2. The van der Waals surface area contributed by atoms with Crippen LogP contribution in [0.1, 0.15) is 31.7 Å². The molecule has 0 aromatic heterocycles. The van der Waals surface area contributed by atoms with Crippen molar-refractivity contribution in [3.8, 4) is 11.5 Å². The standard InChI is InChI=1S/C21H25NO3/c1-15-20(17-7-5-4-6-8-17)13-14-22(15)21(23)16(2)25-19-11-9-18(24-3)10-12-19/h4-12,15-16,20H,13-14H2,1-3H3/t15-,16-,20+/m1/s1. The van der Waals surface area contributed by atoms with E-state index in [2.05, 4.69) is 31.2 Å². The molecule has 1 saturated heterocycles. The van der Waals surface area contributed by atoms with Gasteiger partial charge in [0.25, 0.3) is 5.91 Å². The molecular formula is C21H25NO3. The zero-order chi connectivity index (χ0) is 17.8. The van der Waals surface area contributed by atoms with E-state index >= 15 is 0 Å². The van der Waals surface area contributed by atoms with Gasteiger partial charge in [-0.05, 0) is 50.1 Å². The summed E-state index contributed by atoms with van der Waals surface area (Å²) in [6.45, 7) is 4.72. The average Bonchev–Trinajstić information content (AvgIpc) is 3.03. The molecule has 0 saturated carbocycles. The Bertz CT molecular complexity index is 699. The second-order valence-corrected chi connectivity index (χ2v) is 6.51. The summed E-state index contributed by atoms with van der Waals surface area (Å²) in [6.07, 6.45) is 0.483. The number of rotatable bonds is 5. The molecule has 2 aromatic carbocycles. The topological polar surface area (TPSA) is 38.8 Å². The predicted molar refractivity (Wildman–Crippen MR) is 98.1 cm³/mol. The maximum absolute atomic E-state index is 12.8. The van der Waals surface area contributed by atoms with Gasteiger partial charge in [0.2, 0.25) is 0 Å². The Kier molecular flexibility index (Phi) is 5.27. The molecule has 4 heteroatoms. The summed E-state index contributed by atoms with van der Waals surface area (Å²) in [4.78, 5) is 14.8. The van der Waals surface area contributed by atoms with E-state index in [1.54, 1.807) is 7.11 Å². The van der Waals surface area contributed by atoms with E-state index in [0.29, 0.717) is 11.7 Å². The van der Waals surface area contributed by atoms with Gasteiger partial charge in [0.15, 0.2) is 6.10 Å². The lowest BCUT2D eigenvalue weighted by atomic mass is 9.93. The summed E-state index contributed by atoms with van der Waals surface area (Å²) in [5.74, 6) is 1.87. The molecule has 0 aliphatic carbocycles. The molecule has 0 N–H and O–H groups in total. The monoisotopic (exact) mass is 339 g/mol. The van der Waals surface area contributed by atoms with Gasteiger partial charge >= 0.3 is 0 Å². The van der Waals surface area contributed by atoms with Crippen LogP contribution in [0, 0.1) is 0 Å². The van der Waals surface area contributed by atoms with Gasteiger partial charge in [-0.2, -0.15) is 0 Å². The van der Waals surface area contributed by atoms with Crippen LogP contribution >= 0.6 is 0 Å². The number of carbonyl (C=O) groups is 1. The van der Waals surface area contributed by atoms with Crippen LogP contribution in [-0.4, -0.2) is 36.6 Å². The minimum absolute atomic E-state index is 0.0433. The van der Waals surface area contributed by atoms with E-state index in [-0.39, 0.29) is 11.9 Å². The molecule has 1 aliphatic heterocycles. The van der Waals surface area contributed by atoms with Gasteiger partial charge in [0.1, 0.15) is 11.5 Å². The summed E-state index contributed by atoms with van der Waals surface area (Å²) in [7, 11) is 1.62. The molecule has 0 radical (unpaired) electrons. The summed E-state index contributed by atoms with van der Waals surface area (Å²) in [5.41, 5.74) is 1.30. The molecule has 4 nitrogen and oxygen atoms in total. The highest BCUT2D eigenvalue weighted by Gasteiger charge is 2.36. The normalized spacial score (nSPS) is 21.0. The van der Waals surface area contributed by atoms with Crippen LogP contribution in [0.25, 0.3) is 0 Å². The maximum atomic E-state index is 12.8. The Morgan fingerprint density at radius 3 is 2.36 bits per heavy atom. The third kappa shape index (κ3) is 3.78. The van der Waals surface area contributed by atoms with Gasteiger partial charge in [0, 0.05) is 18.5 Å². The number of benzene rings is 2. The third-order valence-electron chi connectivity index (χ3n) is 4.99. The summed E-state index contributed by atoms with van der Waals surface area (Å²) in [6, 6.07) is 17.9. The summed E-state index contributed by atoms with van der Waals surface area (Å²) < 4.78 is 11.0. The SMILES string of the molecule is COc1ccc(O[C@H](C)C(=O)N2CC[C@H](c3ccccc3)[C@H]2C)cc1. The van der Waals surface area contributed by atoms with Crippen LogP contribution in [0.2, 0.25) is 0 Å². The van der Waals surface area contributed by atoms with E-state index in [1.807, 2.05) is 42.2 Å². The van der Waals surface area contributed by atoms with Crippen LogP contribution in [-0.2, 0) is 4.79 Å². The molecular weight excluding hydrogens is 314 g/mol. The molecule has 3 atom stereocenters. The summed E-state index contributed by atoms with van der Waals surface area (Å²) >= 11 is 0. The van der Waals surface area contributed by atoms with Crippen molar-refractivity contribution in [2.24, 2.45) is 0 Å². The first kappa shape index (κ1) is 17.3. The van der Waals surface area contributed by atoms with Gasteiger partial charge in [-0.1, -0.05) is 30.3 Å². The fourth-order valence-corrected chi connectivity index (χ4v) is 3.54. The molecule has 0 spiro atoms. The second-order valence-electron chi connectivity index (χ2n) is 6.51. The van der Waals surface area contributed by atoms with Gasteiger partial charge in [0.05, 0.1) is 7.11 Å². The largest absolute Gasteiger partial charge is 0.497 e. The van der Waals surface area contributed by atoms with E-state index in [4.69, 9.17) is 9.47 Å². The Balaban J connectivity index is 1.64. The van der Waals surface area contributed by atoms with Crippen LogP contribution in [0.15, 0.2) is 54.6 Å². The highest BCUT2D eigenvalue weighted by atomic mass is 16.5. The molecule has 1 amide bonds. The number of nitrogens with zero attached hydrogens (tertiary/aromatic N) is 1. The van der Waals surface area contributed by atoms with Crippen LogP contribution in [0.3, 0.4) is 0 Å². The lowest BCUT2D eigenvalue weighted by Crippen LogP contribution is -2.43. The Morgan fingerprint density at radius 1 is 1.08 bits per heavy atom. The molecule has 1 heterocycles. The van der Waals surface area contributed by atoms with Gasteiger partial charge in [-0.15, -0.1) is 0 Å². The van der Waals surface area contributed by atoms with Crippen molar-refractivity contribution in [3.63, 3.8) is 0 Å². The molecule has 0 bridgehead atoms. The molecule has 25 heavy (non-hydrogen) atoms. The lowest BCUT2D eigenvalue weighted by molar-refractivity contribution is -0.138. The van der Waals surface area contributed by atoms with Crippen LogP contribution < -0.4 is 9.47 Å². The zero-order valence-corrected chi connectivity index (χ0v) is 15.0. The minimum atomic E-state index is -0.509. The lowest BCUT2D eigenvalue weighted by Gasteiger charge is -2.28. The Labute approximate surface area is 149 Å². The average molecular weight is 339 g/mol. The van der Waals surface area contributed by atoms with Crippen molar-refractivity contribution < 1.29 is 14.3 Å². The predicted octanol–water partition coefficient (Wildman–Crippen LogP) is 3.87. The number of methoxy groups -OCH3 is 1. The van der Waals surface area contributed by atoms with E-state index in [1.165, 1.54) is 5.56 Å². The first-order valence-corrected chi connectivity index (χ1v) is 8.76. The molecule has 2 aromatic rings. The quantitative estimate of drug-likeness (QED) is 0.830. The highest BCUT2D eigenvalue weighted by molar-refractivity contribution is 5.81. The zero-order valence-electron chi connectivity index (χ0n) is 15.0.